The maximum atomic E-state index is 12.4. The molecule has 2 aromatic rings. The Bertz CT molecular complexity index is 773. The van der Waals surface area contributed by atoms with Gasteiger partial charge in [-0.15, -0.1) is 0 Å². The molecule has 6 heteroatoms. The number of carboxylic acids is 1. The number of aromatic nitrogens is 2. The van der Waals surface area contributed by atoms with Crippen molar-refractivity contribution < 1.29 is 14.7 Å². The zero-order valence-corrected chi connectivity index (χ0v) is 14.7. The van der Waals surface area contributed by atoms with Crippen molar-refractivity contribution in [1.29, 1.82) is 0 Å². The molecule has 128 valence electrons. The van der Waals surface area contributed by atoms with E-state index in [-0.39, 0.29) is 12.3 Å². The molecule has 1 unspecified atom stereocenters. The van der Waals surface area contributed by atoms with Gasteiger partial charge < -0.3 is 10.4 Å². The molecule has 0 aliphatic rings. The number of aryl methyl sites for hydroxylation is 4. The van der Waals surface area contributed by atoms with E-state index in [4.69, 9.17) is 0 Å². The largest absolute Gasteiger partial charge is 0.479 e. The SMILES string of the molecule is Cc1cc(C)cc(C(NC(=O)Cc2c(C)nn(C)c2C)C(=O)O)c1. The Morgan fingerprint density at radius 2 is 1.75 bits per heavy atom. The van der Waals surface area contributed by atoms with Gasteiger partial charge in [0.05, 0.1) is 12.1 Å². The van der Waals surface area contributed by atoms with Crippen LogP contribution < -0.4 is 5.32 Å². The number of carbonyl (C=O) groups is 2. The monoisotopic (exact) mass is 329 g/mol. The molecule has 1 atom stereocenters. The number of hydrogen-bond donors (Lipinski definition) is 2. The maximum absolute atomic E-state index is 12.4. The van der Waals surface area contributed by atoms with E-state index in [1.54, 1.807) is 16.8 Å². The van der Waals surface area contributed by atoms with Crippen LogP contribution in [0, 0.1) is 27.7 Å². The van der Waals surface area contributed by atoms with Gasteiger partial charge in [0, 0.05) is 18.3 Å². The predicted molar refractivity (Wildman–Crippen MR) is 90.8 cm³/mol. The van der Waals surface area contributed by atoms with Crippen LogP contribution in [0.4, 0.5) is 0 Å². The molecule has 0 aliphatic heterocycles. The second-order valence-electron chi connectivity index (χ2n) is 6.21. The lowest BCUT2D eigenvalue weighted by atomic mass is 10.0. The highest BCUT2D eigenvalue weighted by molar-refractivity contribution is 5.86. The summed E-state index contributed by atoms with van der Waals surface area (Å²) in [5.74, 6) is -1.41. The van der Waals surface area contributed by atoms with Crippen molar-refractivity contribution in [3.63, 3.8) is 0 Å². The van der Waals surface area contributed by atoms with Crippen molar-refractivity contribution in [2.45, 2.75) is 40.2 Å². The number of rotatable bonds is 5. The van der Waals surface area contributed by atoms with E-state index in [1.165, 1.54) is 0 Å². The molecule has 6 nitrogen and oxygen atoms in total. The Labute approximate surface area is 141 Å². The van der Waals surface area contributed by atoms with Gasteiger partial charge in [-0.05, 0) is 33.3 Å². The highest BCUT2D eigenvalue weighted by Crippen LogP contribution is 2.19. The lowest BCUT2D eigenvalue weighted by Gasteiger charge is -2.16. The minimum Gasteiger partial charge on any atom is -0.479 e. The van der Waals surface area contributed by atoms with Crippen LogP contribution in [0.25, 0.3) is 0 Å². The lowest BCUT2D eigenvalue weighted by molar-refractivity contribution is -0.141. The van der Waals surface area contributed by atoms with Gasteiger partial charge in [-0.3, -0.25) is 9.48 Å². The molecule has 0 spiro atoms. The lowest BCUT2D eigenvalue weighted by Crippen LogP contribution is -2.35. The first-order valence-electron chi connectivity index (χ1n) is 7.78. The summed E-state index contributed by atoms with van der Waals surface area (Å²) in [6.45, 7) is 7.54. The summed E-state index contributed by atoms with van der Waals surface area (Å²) in [7, 11) is 1.82. The fourth-order valence-corrected chi connectivity index (χ4v) is 2.91. The van der Waals surface area contributed by atoms with Crippen molar-refractivity contribution in [3.05, 3.63) is 51.8 Å². The molecular weight excluding hydrogens is 306 g/mol. The minimum absolute atomic E-state index is 0.111. The molecule has 2 N–H and O–H groups in total. The Balaban J connectivity index is 2.21. The van der Waals surface area contributed by atoms with Gasteiger partial charge in [-0.1, -0.05) is 29.3 Å². The number of amides is 1. The number of nitrogens with one attached hydrogen (secondary N) is 1. The van der Waals surface area contributed by atoms with Crippen LogP contribution in [-0.4, -0.2) is 26.8 Å². The average molecular weight is 329 g/mol. The molecule has 0 saturated carbocycles. The van der Waals surface area contributed by atoms with Crippen LogP contribution in [-0.2, 0) is 23.1 Å². The molecular formula is C18H23N3O3. The summed E-state index contributed by atoms with van der Waals surface area (Å²) in [5.41, 5.74) is 5.02. The van der Waals surface area contributed by atoms with E-state index in [9.17, 15) is 14.7 Å². The van der Waals surface area contributed by atoms with E-state index in [0.717, 1.165) is 28.1 Å². The smallest absolute Gasteiger partial charge is 0.330 e. The van der Waals surface area contributed by atoms with Gasteiger partial charge >= 0.3 is 5.97 Å². The van der Waals surface area contributed by atoms with Gasteiger partial charge in [-0.25, -0.2) is 4.79 Å². The highest BCUT2D eigenvalue weighted by atomic mass is 16.4. The number of carboxylic acid groups (broad SMARTS) is 1. The number of benzene rings is 1. The zero-order chi connectivity index (χ0) is 18.0. The summed E-state index contributed by atoms with van der Waals surface area (Å²) in [4.78, 5) is 24.0. The van der Waals surface area contributed by atoms with Crippen LogP contribution in [0.3, 0.4) is 0 Å². The molecule has 0 bridgehead atoms. The third-order valence-corrected chi connectivity index (χ3v) is 4.13. The summed E-state index contributed by atoms with van der Waals surface area (Å²) >= 11 is 0. The molecule has 0 fully saturated rings. The molecule has 24 heavy (non-hydrogen) atoms. The number of aliphatic carboxylic acids is 1. The fourth-order valence-electron chi connectivity index (χ4n) is 2.91. The molecule has 1 heterocycles. The van der Waals surface area contributed by atoms with Crippen molar-refractivity contribution in [2.75, 3.05) is 0 Å². The van der Waals surface area contributed by atoms with Gasteiger partial charge in [-0.2, -0.15) is 5.10 Å². The first kappa shape index (κ1) is 17.7. The molecule has 1 aromatic carbocycles. The van der Waals surface area contributed by atoms with Crippen LogP contribution in [0.5, 0.6) is 0 Å². The highest BCUT2D eigenvalue weighted by Gasteiger charge is 2.23. The van der Waals surface area contributed by atoms with E-state index in [2.05, 4.69) is 10.4 Å². The van der Waals surface area contributed by atoms with E-state index in [1.807, 2.05) is 40.8 Å². The second kappa shape index (κ2) is 6.86. The zero-order valence-electron chi connectivity index (χ0n) is 14.7. The Morgan fingerprint density at radius 1 is 1.17 bits per heavy atom. The quantitative estimate of drug-likeness (QED) is 0.880. The molecule has 2 rings (SSSR count). The number of carbonyl (C=O) groups excluding carboxylic acids is 1. The van der Waals surface area contributed by atoms with Gasteiger partial charge in [0.15, 0.2) is 6.04 Å². The normalized spacial score (nSPS) is 12.0. The van der Waals surface area contributed by atoms with E-state index in [0.29, 0.717) is 5.56 Å². The Hall–Kier alpha value is -2.63. The molecule has 0 aliphatic carbocycles. The summed E-state index contributed by atoms with van der Waals surface area (Å²) < 4.78 is 1.72. The summed E-state index contributed by atoms with van der Waals surface area (Å²) in [6, 6.07) is 4.47. The first-order chi connectivity index (χ1) is 11.2. The van der Waals surface area contributed by atoms with Crippen LogP contribution in [0.2, 0.25) is 0 Å². The third kappa shape index (κ3) is 3.82. The van der Waals surface area contributed by atoms with Crippen LogP contribution in [0.15, 0.2) is 18.2 Å². The minimum atomic E-state index is -1.08. The third-order valence-electron chi connectivity index (χ3n) is 4.13. The van der Waals surface area contributed by atoms with Gasteiger partial charge in [0.25, 0.3) is 0 Å². The van der Waals surface area contributed by atoms with Crippen molar-refractivity contribution in [2.24, 2.45) is 7.05 Å². The average Bonchev–Trinajstić information content (AvgIpc) is 2.70. The molecule has 1 amide bonds. The van der Waals surface area contributed by atoms with Crippen molar-refractivity contribution in [1.82, 2.24) is 15.1 Å². The fraction of sp³-hybridized carbons (Fsp3) is 0.389. The molecule has 0 saturated heterocycles. The second-order valence-corrected chi connectivity index (χ2v) is 6.21. The first-order valence-corrected chi connectivity index (χ1v) is 7.78. The van der Waals surface area contributed by atoms with Crippen LogP contribution in [0.1, 0.15) is 39.7 Å². The van der Waals surface area contributed by atoms with Gasteiger partial charge in [0.2, 0.25) is 5.91 Å². The maximum Gasteiger partial charge on any atom is 0.330 e. The summed E-state index contributed by atoms with van der Waals surface area (Å²) in [5, 5.41) is 16.4. The number of nitrogens with zero attached hydrogens (tertiary/aromatic N) is 2. The van der Waals surface area contributed by atoms with Crippen molar-refractivity contribution >= 4 is 11.9 Å². The summed E-state index contributed by atoms with van der Waals surface area (Å²) in [6.07, 6.45) is 0.111. The number of hydrogen-bond acceptors (Lipinski definition) is 3. The molecule has 0 radical (unpaired) electrons. The topological polar surface area (TPSA) is 84.2 Å². The molecule has 1 aromatic heterocycles. The van der Waals surface area contributed by atoms with E-state index < -0.39 is 12.0 Å². The van der Waals surface area contributed by atoms with Crippen molar-refractivity contribution in [3.8, 4) is 0 Å². The predicted octanol–water partition coefficient (Wildman–Crippen LogP) is 2.14. The van der Waals surface area contributed by atoms with Crippen LogP contribution >= 0.6 is 0 Å². The van der Waals surface area contributed by atoms with E-state index >= 15 is 0 Å². The van der Waals surface area contributed by atoms with Gasteiger partial charge in [0.1, 0.15) is 0 Å². The Morgan fingerprint density at radius 3 is 2.21 bits per heavy atom. The standard InChI is InChI=1S/C18H23N3O3/c1-10-6-11(2)8-14(7-10)17(18(23)24)19-16(22)9-15-12(3)20-21(5)13(15)4/h6-8,17H,9H2,1-5H3,(H,19,22)(H,23,24). The Kier molecular flexibility index (Phi) is 5.07.